The molecule has 0 aromatic heterocycles. The van der Waals surface area contributed by atoms with Crippen LogP contribution in [-0.2, 0) is 9.53 Å². The first-order valence-electron chi connectivity index (χ1n) is 4.09. The molecule has 0 aromatic carbocycles. The number of carbonyl (C=O) groups excluding carboxylic acids is 1. The van der Waals surface area contributed by atoms with Crippen molar-refractivity contribution >= 4 is 5.97 Å². The number of carbonyl (C=O) groups is 1. The van der Waals surface area contributed by atoms with E-state index >= 15 is 0 Å². The van der Waals surface area contributed by atoms with Gasteiger partial charge in [-0.05, 0) is 12.3 Å². The first kappa shape index (κ1) is 11.0. The molecule has 0 heterocycles. The van der Waals surface area contributed by atoms with Crippen molar-refractivity contribution in [1.82, 2.24) is 0 Å². The first-order valence-corrected chi connectivity index (χ1v) is 4.09. The van der Waals surface area contributed by atoms with E-state index in [1.807, 2.05) is 13.8 Å². The molecule has 0 aliphatic carbocycles. The van der Waals surface area contributed by atoms with Crippen molar-refractivity contribution < 1.29 is 9.53 Å². The lowest BCUT2D eigenvalue weighted by Crippen LogP contribution is -2.12. The second kappa shape index (κ2) is 5.59. The van der Waals surface area contributed by atoms with Gasteiger partial charge in [-0.1, -0.05) is 13.8 Å². The zero-order valence-corrected chi connectivity index (χ0v) is 7.83. The Kier molecular flexibility index (Phi) is 5.11. The highest BCUT2D eigenvalue weighted by atomic mass is 16.5. The van der Waals surface area contributed by atoms with E-state index in [4.69, 9.17) is 10.00 Å². The summed E-state index contributed by atoms with van der Waals surface area (Å²) in [5.74, 6) is -0.0156. The summed E-state index contributed by atoms with van der Waals surface area (Å²) in [4.78, 5) is 10.4. The molecule has 0 fully saturated rings. The number of hydrogen-bond donors (Lipinski definition) is 0. The molecule has 0 amide bonds. The van der Waals surface area contributed by atoms with E-state index in [1.165, 1.54) is 6.92 Å². The van der Waals surface area contributed by atoms with Crippen molar-refractivity contribution in [2.45, 2.75) is 27.2 Å². The van der Waals surface area contributed by atoms with Gasteiger partial charge in [0.05, 0.1) is 12.0 Å². The van der Waals surface area contributed by atoms with Crippen molar-refractivity contribution in [3.63, 3.8) is 0 Å². The monoisotopic (exact) mass is 169 g/mol. The van der Waals surface area contributed by atoms with Gasteiger partial charge < -0.3 is 4.74 Å². The summed E-state index contributed by atoms with van der Waals surface area (Å²) in [5.41, 5.74) is 0. The SMILES string of the molecule is CC(=O)OCC(C#N)CC(C)C. The van der Waals surface area contributed by atoms with E-state index in [0.717, 1.165) is 6.42 Å². The third kappa shape index (κ3) is 5.72. The fourth-order valence-electron chi connectivity index (χ4n) is 0.945. The lowest BCUT2D eigenvalue weighted by molar-refractivity contribution is -0.141. The number of hydrogen-bond acceptors (Lipinski definition) is 3. The standard InChI is InChI=1S/C9H15NO2/c1-7(2)4-9(5-10)6-12-8(3)11/h7,9H,4,6H2,1-3H3. The van der Waals surface area contributed by atoms with Crippen LogP contribution in [-0.4, -0.2) is 12.6 Å². The Morgan fingerprint density at radius 3 is 2.50 bits per heavy atom. The fourth-order valence-corrected chi connectivity index (χ4v) is 0.945. The second-order valence-electron chi connectivity index (χ2n) is 3.26. The predicted molar refractivity (Wildman–Crippen MR) is 45.2 cm³/mol. The van der Waals surface area contributed by atoms with E-state index in [2.05, 4.69) is 6.07 Å². The Morgan fingerprint density at radius 1 is 1.58 bits per heavy atom. The van der Waals surface area contributed by atoms with Crippen LogP contribution in [0.4, 0.5) is 0 Å². The molecule has 3 heteroatoms. The van der Waals surface area contributed by atoms with Gasteiger partial charge in [0.15, 0.2) is 0 Å². The molecule has 0 spiro atoms. The molecule has 0 rings (SSSR count). The van der Waals surface area contributed by atoms with Gasteiger partial charge >= 0.3 is 5.97 Å². The van der Waals surface area contributed by atoms with E-state index < -0.39 is 0 Å². The number of nitrogens with zero attached hydrogens (tertiary/aromatic N) is 1. The zero-order chi connectivity index (χ0) is 9.56. The van der Waals surface area contributed by atoms with Crippen LogP contribution < -0.4 is 0 Å². The van der Waals surface area contributed by atoms with Gasteiger partial charge in [-0.2, -0.15) is 5.26 Å². The van der Waals surface area contributed by atoms with Crippen LogP contribution in [0, 0.1) is 23.2 Å². The Morgan fingerprint density at radius 2 is 2.17 bits per heavy atom. The molecule has 0 bridgehead atoms. The maximum Gasteiger partial charge on any atom is 0.302 e. The molecule has 0 saturated carbocycles. The third-order valence-corrected chi connectivity index (χ3v) is 1.43. The van der Waals surface area contributed by atoms with Crippen molar-refractivity contribution in [3.05, 3.63) is 0 Å². The number of rotatable bonds is 4. The minimum Gasteiger partial charge on any atom is -0.464 e. The normalized spacial score (nSPS) is 12.2. The smallest absolute Gasteiger partial charge is 0.302 e. The predicted octanol–water partition coefficient (Wildman–Crippen LogP) is 1.74. The molecule has 0 aliphatic heterocycles. The van der Waals surface area contributed by atoms with Crippen LogP contribution in [0.25, 0.3) is 0 Å². The van der Waals surface area contributed by atoms with Crippen molar-refractivity contribution in [1.29, 1.82) is 5.26 Å². The van der Waals surface area contributed by atoms with E-state index in [1.54, 1.807) is 0 Å². The molecule has 0 radical (unpaired) electrons. The quantitative estimate of drug-likeness (QED) is 0.602. The average Bonchev–Trinajstić information content (AvgIpc) is 1.97. The summed E-state index contributed by atoms with van der Waals surface area (Å²) < 4.78 is 4.73. The van der Waals surface area contributed by atoms with Gasteiger partial charge in [0.2, 0.25) is 0 Å². The minimum absolute atomic E-state index is 0.158. The van der Waals surface area contributed by atoms with Crippen LogP contribution in [0.1, 0.15) is 27.2 Å². The van der Waals surface area contributed by atoms with Crippen LogP contribution >= 0.6 is 0 Å². The largest absolute Gasteiger partial charge is 0.464 e. The summed E-state index contributed by atoms with van der Waals surface area (Å²) >= 11 is 0. The van der Waals surface area contributed by atoms with Crippen LogP contribution in [0.15, 0.2) is 0 Å². The lowest BCUT2D eigenvalue weighted by Gasteiger charge is -2.10. The maximum atomic E-state index is 10.4. The minimum atomic E-state index is -0.320. The van der Waals surface area contributed by atoms with Gasteiger partial charge in [0, 0.05) is 6.92 Å². The highest BCUT2D eigenvalue weighted by molar-refractivity contribution is 5.65. The number of nitriles is 1. The molecule has 0 N–H and O–H groups in total. The van der Waals surface area contributed by atoms with E-state index in [0.29, 0.717) is 5.92 Å². The summed E-state index contributed by atoms with van der Waals surface area (Å²) in [7, 11) is 0. The van der Waals surface area contributed by atoms with Gasteiger partial charge in [0.25, 0.3) is 0 Å². The molecule has 68 valence electrons. The second-order valence-corrected chi connectivity index (χ2v) is 3.26. The summed E-state index contributed by atoms with van der Waals surface area (Å²) in [6, 6.07) is 2.11. The number of ether oxygens (including phenoxy) is 1. The topological polar surface area (TPSA) is 50.1 Å². The van der Waals surface area contributed by atoms with Crippen molar-refractivity contribution in [2.75, 3.05) is 6.61 Å². The summed E-state index contributed by atoms with van der Waals surface area (Å²) in [6.45, 7) is 5.66. The molecular weight excluding hydrogens is 154 g/mol. The fraction of sp³-hybridized carbons (Fsp3) is 0.778. The Balaban J connectivity index is 3.70. The lowest BCUT2D eigenvalue weighted by atomic mass is 9.99. The molecule has 0 aromatic rings. The van der Waals surface area contributed by atoms with Gasteiger partial charge in [-0.3, -0.25) is 4.79 Å². The van der Waals surface area contributed by atoms with Gasteiger partial charge in [-0.25, -0.2) is 0 Å². The van der Waals surface area contributed by atoms with Crippen molar-refractivity contribution in [2.24, 2.45) is 11.8 Å². The van der Waals surface area contributed by atoms with Crippen molar-refractivity contribution in [3.8, 4) is 6.07 Å². The Hall–Kier alpha value is -1.04. The third-order valence-electron chi connectivity index (χ3n) is 1.43. The van der Waals surface area contributed by atoms with Gasteiger partial charge in [-0.15, -0.1) is 0 Å². The molecule has 0 aliphatic rings. The van der Waals surface area contributed by atoms with Crippen LogP contribution in [0.5, 0.6) is 0 Å². The van der Waals surface area contributed by atoms with E-state index in [9.17, 15) is 4.79 Å². The first-order chi connectivity index (χ1) is 5.56. The summed E-state index contributed by atoms with van der Waals surface area (Å²) in [5, 5.41) is 8.65. The number of esters is 1. The summed E-state index contributed by atoms with van der Waals surface area (Å²) in [6.07, 6.45) is 0.782. The van der Waals surface area contributed by atoms with E-state index in [-0.39, 0.29) is 18.5 Å². The van der Waals surface area contributed by atoms with Gasteiger partial charge in [0.1, 0.15) is 6.61 Å². The molecule has 0 saturated heterocycles. The average molecular weight is 169 g/mol. The molecule has 3 nitrogen and oxygen atoms in total. The highest BCUT2D eigenvalue weighted by Crippen LogP contribution is 2.10. The highest BCUT2D eigenvalue weighted by Gasteiger charge is 2.10. The molecular formula is C9H15NO2. The molecule has 1 atom stereocenters. The zero-order valence-electron chi connectivity index (χ0n) is 7.83. The van der Waals surface area contributed by atoms with Crippen LogP contribution in [0.2, 0.25) is 0 Å². The van der Waals surface area contributed by atoms with Crippen LogP contribution in [0.3, 0.4) is 0 Å². The Labute approximate surface area is 73.3 Å². The maximum absolute atomic E-state index is 10.4. The molecule has 1 unspecified atom stereocenters. The Bertz CT molecular complexity index is 181. The molecule has 12 heavy (non-hydrogen) atoms.